The first-order valence-corrected chi connectivity index (χ1v) is 43.4. The summed E-state index contributed by atoms with van der Waals surface area (Å²) in [5.41, 5.74) is 0. The molecule has 0 saturated carbocycles. The summed E-state index contributed by atoms with van der Waals surface area (Å²) >= 11 is 0. The van der Waals surface area contributed by atoms with Crippen molar-refractivity contribution in [1.82, 2.24) is 0 Å². The molecule has 0 aromatic carbocycles. The minimum absolute atomic E-state index is 0.0816. The van der Waals surface area contributed by atoms with Crippen LogP contribution in [0.15, 0.2) is 170 Å². The van der Waals surface area contributed by atoms with Crippen LogP contribution in [0.5, 0.6) is 0 Å². The summed E-state index contributed by atoms with van der Waals surface area (Å²) in [6.07, 6.45) is 99.7. The Kier molecular flexibility index (Phi) is 74.7. The predicted molar refractivity (Wildman–Crippen MR) is 435 cm³/mol. The lowest BCUT2D eigenvalue weighted by Crippen LogP contribution is -2.30. The van der Waals surface area contributed by atoms with E-state index in [2.05, 4.69) is 191 Å². The topological polar surface area (TPSA) is 231 Å². The molecule has 5 atom stereocenters. The Morgan fingerprint density at radius 2 is 0.476 bits per heavy atom. The average Bonchev–Trinajstić information content (AvgIpc) is 0.913. The van der Waals surface area contributed by atoms with Crippen LogP contribution in [0.4, 0.5) is 0 Å². The fraction of sp³-hybridized carbons (Fsp3) is 0.644. The molecule has 0 aromatic rings. The molecule has 18 heteroatoms. The van der Waals surface area contributed by atoms with E-state index < -0.39 is 91.5 Å². The van der Waals surface area contributed by atoms with Gasteiger partial charge in [-0.3, -0.25) is 32.5 Å². The van der Waals surface area contributed by atoms with Crippen LogP contribution in [0.1, 0.15) is 303 Å². The lowest BCUT2D eigenvalue weighted by Gasteiger charge is -2.21. The molecular weight excluding hydrogens is 1360 g/mol. The fourth-order valence-electron chi connectivity index (χ4n) is 10.4. The standard InChI is InChI=1S/C87H144O16P2/c1-4-7-10-13-16-19-22-25-28-31-33-35-37-38-39-40-41-42-44-46-47-50-52-55-58-61-64-67-70-73-85(90)97-76-82(88)77-99-104(93,94)100-78-83(89)79-101-105(95,96)102-81-84(103-87(92)75-72-69-66-63-60-57-54-49-30-27-24-21-18-15-12-9-6-3)80-98-86(91)74-71-68-65-62-59-56-53-51-48-45-43-36-34-32-29-26-23-20-17-14-11-8-5-2/h7-12,16-21,25-30,33-36,38-39,45,48,53,56,82-84,88-89H,4-6,13-15,22-24,31-32,37,40-44,46-47,49-52,54-55,57-81H2,1-3H3,(H,93,94)(H,95,96)/b10-7-,11-8-,12-9-,19-16-,20-17-,21-18-,28-25-,29-26-,30-27-,35-33-,36-34-,39-38-,48-45-,56-53-. The second-order valence-corrected chi connectivity index (χ2v) is 29.3. The molecule has 0 saturated heterocycles. The van der Waals surface area contributed by atoms with Crippen LogP contribution in [0, 0.1) is 0 Å². The summed E-state index contributed by atoms with van der Waals surface area (Å²) in [4.78, 5) is 58.7. The van der Waals surface area contributed by atoms with Gasteiger partial charge in [0.25, 0.3) is 0 Å². The molecule has 105 heavy (non-hydrogen) atoms. The minimum Gasteiger partial charge on any atom is -0.463 e. The lowest BCUT2D eigenvalue weighted by atomic mass is 10.0. The van der Waals surface area contributed by atoms with Gasteiger partial charge >= 0.3 is 33.6 Å². The number of hydrogen-bond donors (Lipinski definition) is 4. The second-order valence-electron chi connectivity index (χ2n) is 26.4. The van der Waals surface area contributed by atoms with Crippen molar-refractivity contribution in [2.24, 2.45) is 0 Å². The molecule has 16 nitrogen and oxygen atoms in total. The van der Waals surface area contributed by atoms with Gasteiger partial charge in [-0.15, -0.1) is 0 Å². The Hall–Kier alpha value is -5.09. The zero-order valence-electron chi connectivity index (χ0n) is 65.3. The predicted octanol–water partition coefficient (Wildman–Crippen LogP) is 24.0. The van der Waals surface area contributed by atoms with Crippen molar-refractivity contribution in [2.75, 3.05) is 39.6 Å². The summed E-state index contributed by atoms with van der Waals surface area (Å²) in [6.45, 7) is 2.30. The van der Waals surface area contributed by atoms with Crippen molar-refractivity contribution in [3.63, 3.8) is 0 Å². The highest BCUT2D eigenvalue weighted by Crippen LogP contribution is 2.45. The van der Waals surface area contributed by atoms with Crippen molar-refractivity contribution >= 4 is 33.6 Å². The van der Waals surface area contributed by atoms with Crippen molar-refractivity contribution in [1.29, 1.82) is 0 Å². The van der Waals surface area contributed by atoms with Crippen LogP contribution < -0.4 is 0 Å². The third-order valence-electron chi connectivity index (χ3n) is 16.4. The molecule has 4 N–H and O–H groups in total. The Morgan fingerprint density at radius 3 is 0.752 bits per heavy atom. The first-order valence-electron chi connectivity index (χ1n) is 40.4. The van der Waals surface area contributed by atoms with E-state index in [1.165, 1.54) is 57.8 Å². The van der Waals surface area contributed by atoms with Crippen LogP contribution in [0.3, 0.4) is 0 Å². The smallest absolute Gasteiger partial charge is 0.463 e. The molecule has 0 spiro atoms. The Labute approximate surface area is 637 Å². The van der Waals surface area contributed by atoms with Gasteiger partial charge in [0, 0.05) is 19.3 Å². The summed E-state index contributed by atoms with van der Waals surface area (Å²) in [7, 11) is -9.81. The number of aliphatic hydroxyl groups is 2. The maximum Gasteiger partial charge on any atom is 0.472 e. The first kappa shape index (κ1) is 99.9. The number of allylic oxidation sites excluding steroid dienone is 28. The molecule has 5 unspecified atom stereocenters. The molecule has 0 bridgehead atoms. The maximum atomic E-state index is 13.0. The normalized spacial score (nSPS) is 14.8. The summed E-state index contributed by atoms with van der Waals surface area (Å²) in [5.74, 6) is -1.62. The number of rotatable bonds is 75. The van der Waals surface area contributed by atoms with Crippen LogP contribution in [0.25, 0.3) is 0 Å². The van der Waals surface area contributed by atoms with Crippen LogP contribution >= 0.6 is 15.6 Å². The molecular formula is C87H144O16P2. The maximum absolute atomic E-state index is 13.0. The molecule has 0 rings (SSSR count). The summed E-state index contributed by atoms with van der Waals surface area (Å²) in [5, 5.41) is 20.7. The highest BCUT2D eigenvalue weighted by atomic mass is 31.2. The number of carbonyl (C=O) groups excluding carboxylic acids is 3. The van der Waals surface area contributed by atoms with Gasteiger partial charge in [-0.1, -0.05) is 306 Å². The number of phosphoric acid groups is 2. The average molecular weight is 1510 g/mol. The molecule has 0 aromatic heterocycles. The van der Waals surface area contributed by atoms with E-state index in [1.54, 1.807) is 0 Å². The van der Waals surface area contributed by atoms with Gasteiger partial charge < -0.3 is 34.2 Å². The Bertz CT molecular complexity index is 2590. The van der Waals surface area contributed by atoms with Gasteiger partial charge in [0.2, 0.25) is 0 Å². The van der Waals surface area contributed by atoms with Crippen molar-refractivity contribution in [2.45, 2.75) is 322 Å². The SMILES string of the molecule is CC/C=C\C/C=C\C/C=C\C/C=C\C/C=C\C/C=C\CCCCCCC(=O)OCC(COP(=O)(O)OCC(O)COP(=O)(O)OCC(O)COC(=O)CCCCCCCCCCCCCCC/C=C\C/C=C\C/C=C\C/C=C\C/C=C\CC)OC(=O)CCCCCCCCC/C=C\C/C=C\C/C=C\CC. The lowest BCUT2D eigenvalue weighted by molar-refractivity contribution is -0.161. The number of hydrogen-bond acceptors (Lipinski definition) is 14. The Morgan fingerprint density at radius 1 is 0.267 bits per heavy atom. The quantitative estimate of drug-likeness (QED) is 0.0146. The molecule has 0 radical (unpaired) electrons. The number of unbranched alkanes of at least 4 members (excludes halogenated alkanes) is 24. The molecule has 0 aliphatic carbocycles. The van der Waals surface area contributed by atoms with Gasteiger partial charge in [0.15, 0.2) is 6.10 Å². The zero-order valence-corrected chi connectivity index (χ0v) is 67.1. The molecule has 0 heterocycles. The van der Waals surface area contributed by atoms with E-state index >= 15 is 0 Å². The van der Waals surface area contributed by atoms with Gasteiger partial charge in [-0.25, -0.2) is 9.13 Å². The van der Waals surface area contributed by atoms with Gasteiger partial charge in [0.1, 0.15) is 25.4 Å². The van der Waals surface area contributed by atoms with E-state index in [1.807, 2.05) is 0 Å². The molecule has 0 aliphatic rings. The van der Waals surface area contributed by atoms with Crippen LogP contribution in [-0.2, 0) is 55.8 Å². The van der Waals surface area contributed by atoms with Crippen molar-refractivity contribution in [3.05, 3.63) is 170 Å². The molecule has 0 fully saturated rings. The highest BCUT2D eigenvalue weighted by Gasteiger charge is 2.29. The van der Waals surface area contributed by atoms with Crippen molar-refractivity contribution in [3.8, 4) is 0 Å². The monoisotopic (exact) mass is 1510 g/mol. The van der Waals surface area contributed by atoms with E-state index in [9.17, 15) is 43.5 Å². The third kappa shape index (κ3) is 79.8. The van der Waals surface area contributed by atoms with Crippen LogP contribution in [-0.4, -0.2) is 95.9 Å². The number of phosphoric ester groups is 2. The highest BCUT2D eigenvalue weighted by molar-refractivity contribution is 7.47. The van der Waals surface area contributed by atoms with Crippen LogP contribution in [0.2, 0.25) is 0 Å². The summed E-state index contributed by atoms with van der Waals surface area (Å²) < 4.78 is 61.2. The van der Waals surface area contributed by atoms with Crippen molar-refractivity contribution < 1.29 is 75.8 Å². The molecule has 0 aliphatic heterocycles. The minimum atomic E-state index is -4.95. The first-order chi connectivity index (χ1) is 51.2. The molecule has 0 amide bonds. The number of aliphatic hydroxyl groups excluding tert-OH is 2. The fourth-order valence-corrected chi connectivity index (χ4v) is 12.0. The molecule has 598 valence electrons. The summed E-state index contributed by atoms with van der Waals surface area (Å²) in [6, 6.07) is 0. The number of carbonyl (C=O) groups is 3. The zero-order chi connectivity index (χ0) is 76.6. The number of ether oxygens (including phenoxy) is 3. The van der Waals surface area contributed by atoms with Gasteiger partial charge in [0.05, 0.1) is 26.4 Å². The van der Waals surface area contributed by atoms with E-state index in [0.717, 1.165) is 186 Å². The third-order valence-corrected chi connectivity index (χ3v) is 18.3. The van der Waals surface area contributed by atoms with Gasteiger partial charge in [-0.05, 0) is 148 Å². The van der Waals surface area contributed by atoms with E-state index in [-0.39, 0.29) is 19.3 Å². The largest absolute Gasteiger partial charge is 0.472 e. The van der Waals surface area contributed by atoms with E-state index in [4.69, 9.17) is 32.3 Å². The van der Waals surface area contributed by atoms with E-state index in [0.29, 0.717) is 19.3 Å². The Balaban J connectivity index is 4.61. The number of esters is 3. The second kappa shape index (κ2) is 78.5. The van der Waals surface area contributed by atoms with Gasteiger partial charge in [-0.2, -0.15) is 0 Å².